The molecule has 2 rings (SSSR count). The number of aromatic nitrogens is 1. The molecule has 0 amide bonds. The molecule has 0 aliphatic carbocycles. The monoisotopic (exact) mass is 191 g/mol. The van der Waals surface area contributed by atoms with E-state index < -0.39 is 0 Å². The second kappa shape index (κ2) is 4.07. The van der Waals surface area contributed by atoms with Crippen LogP contribution in [0.4, 0.5) is 0 Å². The number of likely N-dealkylation sites (tertiary alicyclic amines) is 1. The van der Waals surface area contributed by atoms with Crippen LogP contribution in [0.25, 0.3) is 0 Å². The third-order valence-corrected chi connectivity index (χ3v) is 2.69. The lowest BCUT2D eigenvalue weighted by Crippen LogP contribution is -2.26. The summed E-state index contributed by atoms with van der Waals surface area (Å²) in [6, 6.07) is 4.57. The standard InChI is InChI=1S/C11H17N3/c1-9-2-3-10(6-13-9)7-14-5-4-11(12)8-14/h2-3,6,11H,4-5,7-8,12H2,1H3. The van der Waals surface area contributed by atoms with Gasteiger partial charge in [-0.25, -0.2) is 0 Å². The molecule has 1 aliphatic rings. The van der Waals surface area contributed by atoms with Crippen LogP contribution < -0.4 is 5.73 Å². The first-order valence-corrected chi connectivity index (χ1v) is 5.13. The lowest BCUT2D eigenvalue weighted by atomic mass is 10.2. The average Bonchev–Trinajstić information content (AvgIpc) is 2.56. The molecule has 3 nitrogen and oxygen atoms in total. The predicted molar refractivity (Wildman–Crippen MR) is 56.8 cm³/mol. The van der Waals surface area contributed by atoms with Gasteiger partial charge in [0.25, 0.3) is 0 Å². The Morgan fingerprint density at radius 2 is 2.43 bits per heavy atom. The van der Waals surface area contributed by atoms with Crippen LogP contribution in [0.15, 0.2) is 18.3 Å². The molecule has 0 saturated carbocycles. The maximum absolute atomic E-state index is 5.85. The quantitative estimate of drug-likeness (QED) is 0.756. The van der Waals surface area contributed by atoms with E-state index in [1.54, 1.807) is 0 Å². The topological polar surface area (TPSA) is 42.1 Å². The van der Waals surface area contributed by atoms with Crippen molar-refractivity contribution >= 4 is 0 Å². The van der Waals surface area contributed by atoms with Crippen molar-refractivity contribution in [3.05, 3.63) is 29.6 Å². The highest BCUT2D eigenvalue weighted by molar-refractivity contribution is 5.13. The summed E-state index contributed by atoms with van der Waals surface area (Å²) in [5.74, 6) is 0. The molecule has 1 atom stereocenters. The first-order valence-electron chi connectivity index (χ1n) is 5.13. The SMILES string of the molecule is Cc1ccc(CN2CCC(N)C2)cn1. The highest BCUT2D eigenvalue weighted by atomic mass is 15.2. The molecule has 1 aromatic heterocycles. The Kier molecular flexibility index (Phi) is 2.79. The van der Waals surface area contributed by atoms with Crippen molar-refractivity contribution in [3.63, 3.8) is 0 Å². The highest BCUT2D eigenvalue weighted by Crippen LogP contribution is 2.11. The van der Waals surface area contributed by atoms with E-state index in [1.807, 2.05) is 13.1 Å². The van der Waals surface area contributed by atoms with Crippen molar-refractivity contribution in [2.45, 2.75) is 25.9 Å². The highest BCUT2D eigenvalue weighted by Gasteiger charge is 2.18. The minimum absolute atomic E-state index is 0.369. The number of nitrogens with zero attached hydrogens (tertiary/aromatic N) is 2. The molecule has 0 spiro atoms. The summed E-state index contributed by atoms with van der Waals surface area (Å²) in [6.45, 7) is 5.14. The maximum atomic E-state index is 5.85. The van der Waals surface area contributed by atoms with Gasteiger partial charge >= 0.3 is 0 Å². The van der Waals surface area contributed by atoms with Gasteiger partial charge in [-0.3, -0.25) is 9.88 Å². The van der Waals surface area contributed by atoms with Crippen molar-refractivity contribution in [1.82, 2.24) is 9.88 Å². The van der Waals surface area contributed by atoms with Crippen LogP contribution in [0.2, 0.25) is 0 Å². The van der Waals surface area contributed by atoms with Crippen LogP contribution in [0.3, 0.4) is 0 Å². The summed E-state index contributed by atoms with van der Waals surface area (Å²) in [4.78, 5) is 6.67. The number of hydrogen-bond acceptors (Lipinski definition) is 3. The zero-order chi connectivity index (χ0) is 9.97. The molecule has 2 heterocycles. The lowest BCUT2D eigenvalue weighted by molar-refractivity contribution is 0.326. The second-order valence-electron chi connectivity index (χ2n) is 4.09. The van der Waals surface area contributed by atoms with Gasteiger partial charge in [0.05, 0.1) is 0 Å². The van der Waals surface area contributed by atoms with Crippen LogP contribution >= 0.6 is 0 Å². The van der Waals surface area contributed by atoms with Gasteiger partial charge in [-0.15, -0.1) is 0 Å². The average molecular weight is 191 g/mol. The van der Waals surface area contributed by atoms with E-state index in [1.165, 1.54) is 5.56 Å². The molecular weight excluding hydrogens is 174 g/mol. The van der Waals surface area contributed by atoms with Crippen molar-refractivity contribution in [2.24, 2.45) is 5.73 Å². The largest absolute Gasteiger partial charge is 0.326 e. The van der Waals surface area contributed by atoms with Crippen LogP contribution in [0, 0.1) is 6.92 Å². The number of hydrogen-bond donors (Lipinski definition) is 1. The van der Waals surface area contributed by atoms with Gasteiger partial charge in [0.15, 0.2) is 0 Å². The Morgan fingerprint density at radius 1 is 1.57 bits per heavy atom. The fourth-order valence-corrected chi connectivity index (χ4v) is 1.86. The van der Waals surface area contributed by atoms with Crippen LogP contribution in [0.5, 0.6) is 0 Å². The van der Waals surface area contributed by atoms with Gasteiger partial charge in [0.2, 0.25) is 0 Å². The van der Waals surface area contributed by atoms with Crippen molar-refractivity contribution in [2.75, 3.05) is 13.1 Å². The van der Waals surface area contributed by atoms with E-state index in [0.29, 0.717) is 6.04 Å². The second-order valence-corrected chi connectivity index (χ2v) is 4.09. The molecule has 1 fully saturated rings. The summed E-state index contributed by atoms with van der Waals surface area (Å²) in [5, 5.41) is 0. The van der Waals surface area contributed by atoms with E-state index in [4.69, 9.17) is 5.73 Å². The molecule has 1 saturated heterocycles. The van der Waals surface area contributed by atoms with Gasteiger partial charge in [-0.1, -0.05) is 6.07 Å². The summed E-state index contributed by atoms with van der Waals surface area (Å²) in [5.41, 5.74) is 8.20. The molecule has 0 bridgehead atoms. The smallest absolute Gasteiger partial charge is 0.0372 e. The Balaban J connectivity index is 1.94. The number of pyridine rings is 1. The summed E-state index contributed by atoms with van der Waals surface area (Å²) >= 11 is 0. The summed E-state index contributed by atoms with van der Waals surface area (Å²) < 4.78 is 0. The number of nitrogens with two attached hydrogens (primary N) is 1. The zero-order valence-electron chi connectivity index (χ0n) is 8.61. The van der Waals surface area contributed by atoms with Gasteiger partial charge in [0.1, 0.15) is 0 Å². The fraction of sp³-hybridized carbons (Fsp3) is 0.545. The number of aryl methyl sites for hydroxylation is 1. The first-order chi connectivity index (χ1) is 6.74. The molecule has 0 radical (unpaired) electrons. The van der Waals surface area contributed by atoms with Gasteiger partial charge in [-0.05, 0) is 25.0 Å². The van der Waals surface area contributed by atoms with E-state index in [9.17, 15) is 0 Å². The molecule has 2 N–H and O–H groups in total. The molecule has 14 heavy (non-hydrogen) atoms. The Bertz CT molecular complexity index is 294. The fourth-order valence-electron chi connectivity index (χ4n) is 1.86. The molecule has 0 aromatic carbocycles. The van der Waals surface area contributed by atoms with Crippen molar-refractivity contribution < 1.29 is 0 Å². The van der Waals surface area contributed by atoms with Crippen LogP contribution in [0.1, 0.15) is 17.7 Å². The molecule has 1 unspecified atom stereocenters. The van der Waals surface area contributed by atoms with E-state index >= 15 is 0 Å². The molecule has 1 aliphatic heterocycles. The third-order valence-electron chi connectivity index (χ3n) is 2.69. The summed E-state index contributed by atoms with van der Waals surface area (Å²) in [6.07, 6.45) is 3.08. The Hall–Kier alpha value is -0.930. The third kappa shape index (κ3) is 2.30. The predicted octanol–water partition coefficient (Wildman–Crippen LogP) is 0.923. The molecular formula is C11H17N3. The van der Waals surface area contributed by atoms with Gasteiger partial charge < -0.3 is 5.73 Å². The molecule has 1 aromatic rings. The number of rotatable bonds is 2. The normalized spacial score (nSPS) is 22.9. The Labute approximate surface area is 84.9 Å². The van der Waals surface area contributed by atoms with Crippen LogP contribution in [-0.2, 0) is 6.54 Å². The Morgan fingerprint density at radius 3 is 3.00 bits per heavy atom. The zero-order valence-corrected chi connectivity index (χ0v) is 8.61. The van der Waals surface area contributed by atoms with Crippen LogP contribution in [-0.4, -0.2) is 29.0 Å². The minimum Gasteiger partial charge on any atom is -0.326 e. The van der Waals surface area contributed by atoms with Crippen molar-refractivity contribution in [1.29, 1.82) is 0 Å². The van der Waals surface area contributed by atoms with Gasteiger partial charge in [0, 0.05) is 37.6 Å². The van der Waals surface area contributed by atoms with E-state index in [-0.39, 0.29) is 0 Å². The first kappa shape index (κ1) is 9.62. The molecule has 76 valence electrons. The van der Waals surface area contributed by atoms with Crippen molar-refractivity contribution in [3.8, 4) is 0 Å². The summed E-state index contributed by atoms with van der Waals surface area (Å²) in [7, 11) is 0. The lowest BCUT2D eigenvalue weighted by Gasteiger charge is -2.14. The van der Waals surface area contributed by atoms with Gasteiger partial charge in [-0.2, -0.15) is 0 Å². The molecule has 3 heteroatoms. The van der Waals surface area contributed by atoms with E-state index in [0.717, 1.165) is 31.7 Å². The van der Waals surface area contributed by atoms with E-state index in [2.05, 4.69) is 22.0 Å². The maximum Gasteiger partial charge on any atom is 0.0372 e. The minimum atomic E-state index is 0.369.